The van der Waals surface area contributed by atoms with Crippen LogP contribution in [0.3, 0.4) is 0 Å². The number of nitrogens with one attached hydrogen (secondary N) is 1. The van der Waals surface area contributed by atoms with Crippen LogP contribution in [0.1, 0.15) is 29.9 Å². The maximum absolute atomic E-state index is 11.6. The molecule has 1 N–H and O–H groups in total. The smallest absolute Gasteiger partial charge is 0.217 e. The van der Waals surface area contributed by atoms with Crippen molar-refractivity contribution >= 4 is 5.91 Å². The fourth-order valence-corrected chi connectivity index (χ4v) is 2.64. The number of carbonyl (C=O) groups excluding carboxylic acids is 1. The number of rotatable bonds is 5. The zero-order chi connectivity index (χ0) is 16.1. The molecule has 1 amide bonds. The summed E-state index contributed by atoms with van der Waals surface area (Å²) in [5.74, 6) is 0.753. The summed E-state index contributed by atoms with van der Waals surface area (Å²) in [4.78, 5) is 16.1. The Morgan fingerprint density at radius 3 is 2.39 bits per heavy atom. The van der Waals surface area contributed by atoms with E-state index in [0.717, 1.165) is 17.9 Å². The van der Waals surface area contributed by atoms with Crippen LogP contribution in [0.15, 0.2) is 73.1 Å². The first-order valence-corrected chi connectivity index (χ1v) is 7.61. The number of benzene rings is 2. The molecule has 3 rings (SSSR count). The maximum Gasteiger partial charge on any atom is 0.217 e. The highest BCUT2D eigenvalue weighted by Crippen LogP contribution is 2.21. The molecular formula is C19H19N3O. The number of amides is 1. The first kappa shape index (κ1) is 15.0. The maximum atomic E-state index is 11.6. The van der Waals surface area contributed by atoms with Crippen LogP contribution in [0.2, 0.25) is 0 Å². The number of hydrogen-bond donors (Lipinski definition) is 1. The van der Waals surface area contributed by atoms with Crippen molar-refractivity contribution in [2.75, 3.05) is 0 Å². The van der Waals surface area contributed by atoms with Gasteiger partial charge in [-0.05, 0) is 11.1 Å². The highest BCUT2D eigenvalue weighted by Gasteiger charge is 2.20. The zero-order valence-electron chi connectivity index (χ0n) is 13.0. The quantitative estimate of drug-likeness (QED) is 0.787. The summed E-state index contributed by atoms with van der Waals surface area (Å²) in [7, 11) is 0. The number of aromatic nitrogens is 2. The van der Waals surface area contributed by atoms with Crippen molar-refractivity contribution in [3.05, 3.63) is 90.0 Å². The van der Waals surface area contributed by atoms with Crippen LogP contribution in [0.5, 0.6) is 0 Å². The van der Waals surface area contributed by atoms with Crippen molar-refractivity contribution in [1.82, 2.24) is 14.9 Å². The number of imidazole rings is 1. The number of carbonyl (C=O) groups is 1. The van der Waals surface area contributed by atoms with E-state index in [1.807, 2.05) is 54.7 Å². The Morgan fingerprint density at radius 1 is 1.09 bits per heavy atom. The van der Waals surface area contributed by atoms with E-state index < -0.39 is 0 Å². The number of nitrogens with zero attached hydrogens (tertiary/aromatic N) is 2. The molecule has 1 unspecified atom stereocenters. The lowest BCUT2D eigenvalue weighted by molar-refractivity contribution is -0.119. The molecule has 0 aliphatic heterocycles. The fraction of sp³-hybridized carbons (Fsp3) is 0.158. The second-order valence-corrected chi connectivity index (χ2v) is 5.44. The molecule has 1 heterocycles. The Balaban J connectivity index is 1.94. The van der Waals surface area contributed by atoms with Crippen molar-refractivity contribution in [2.24, 2.45) is 0 Å². The van der Waals surface area contributed by atoms with Gasteiger partial charge in [-0.3, -0.25) is 4.79 Å². The molecule has 0 saturated carbocycles. The molecule has 0 fully saturated rings. The standard InChI is InChI=1S/C19H19N3O/c1-15(23)21-18(17-10-6-3-7-11-17)19-20-12-13-22(19)14-16-8-4-2-5-9-16/h2-13,18H,14H2,1H3,(H,21,23). The number of hydrogen-bond acceptors (Lipinski definition) is 2. The molecule has 1 aromatic heterocycles. The summed E-state index contributed by atoms with van der Waals surface area (Å²) in [6, 6.07) is 19.9. The van der Waals surface area contributed by atoms with Crippen LogP contribution in [0.4, 0.5) is 0 Å². The minimum Gasteiger partial charge on any atom is -0.342 e. The van der Waals surface area contributed by atoms with Gasteiger partial charge in [-0.25, -0.2) is 4.98 Å². The van der Waals surface area contributed by atoms with Crippen LogP contribution < -0.4 is 5.32 Å². The van der Waals surface area contributed by atoms with Gasteiger partial charge < -0.3 is 9.88 Å². The fourth-order valence-electron chi connectivity index (χ4n) is 2.64. The average Bonchev–Trinajstić information content (AvgIpc) is 3.02. The summed E-state index contributed by atoms with van der Waals surface area (Å²) < 4.78 is 2.07. The van der Waals surface area contributed by atoms with Gasteiger partial charge in [0.1, 0.15) is 11.9 Å². The summed E-state index contributed by atoms with van der Waals surface area (Å²) in [5, 5.41) is 3.00. The van der Waals surface area contributed by atoms with Gasteiger partial charge in [0.05, 0.1) is 0 Å². The van der Waals surface area contributed by atoms with Crippen molar-refractivity contribution in [2.45, 2.75) is 19.5 Å². The van der Waals surface area contributed by atoms with E-state index >= 15 is 0 Å². The van der Waals surface area contributed by atoms with Crippen LogP contribution in [0, 0.1) is 0 Å². The molecule has 3 aromatic rings. The Hall–Kier alpha value is -2.88. The Bertz CT molecular complexity index is 766. The van der Waals surface area contributed by atoms with Crippen molar-refractivity contribution in [1.29, 1.82) is 0 Å². The van der Waals surface area contributed by atoms with E-state index in [2.05, 4.69) is 27.0 Å². The second-order valence-electron chi connectivity index (χ2n) is 5.44. The molecule has 0 aliphatic carbocycles. The third-order valence-electron chi connectivity index (χ3n) is 3.68. The third-order valence-corrected chi connectivity index (χ3v) is 3.68. The highest BCUT2D eigenvalue weighted by atomic mass is 16.1. The van der Waals surface area contributed by atoms with Crippen molar-refractivity contribution in [3.8, 4) is 0 Å². The third kappa shape index (κ3) is 3.66. The van der Waals surface area contributed by atoms with Gasteiger partial charge >= 0.3 is 0 Å². The molecule has 0 aliphatic rings. The van der Waals surface area contributed by atoms with E-state index in [4.69, 9.17) is 0 Å². The predicted octanol–water partition coefficient (Wildman–Crippen LogP) is 3.16. The summed E-state index contributed by atoms with van der Waals surface area (Å²) >= 11 is 0. The van der Waals surface area contributed by atoms with Crippen LogP contribution >= 0.6 is 0 Å². The minimum atomic E-state index is -0.257. The monoisotopic (exact) mass is 305 g/mol. The lowest BCUT2D eigenvalue weighted by Crippen LogP contribution is -2.29. The summed E-state index contributed by atoms with van der Waals surface area (Å²) in [6.07, 6.45) is 3.72. The van der Waals surface area contributed by atoms with Crippen LogP contribution in [-0.2, 0) is 11.3 Å². The topological polar surface area (TPSA) is 46.9 Å². The minimum absolute atomic E-state index is 0.0758. The van der Waals surface area contributed by atoms with E-state index in [9.17, 15) is 4.79 Å². The largest absolute Gasteiger partial charge is 0.342 e. The molecule has 0 spiro atoms. The molecule has 0 saturated heterocycles. The molecule has 2 aromatic carbocycles. The SMILES string of the molecule is CC(=O)NC(c1ccccc1)c1nccn1Cc1ccccc1. The normalized spacial score (nSPS) is 11.9. The second kappa shape index (κ2) is 6.92. The zero-order valence-corrected chi connectivity index (χ0v) is 13.0. The van der Waals surface area contributed by atoms with Gasteiger partial charge in [-0.2, -0.15) is 0 Å². The average molecular weight is 305 g/mol. The van der Waals surface area contributed by atoms with Gasteiger partial charge in [0, 0.05) is 25.9 Å². The van der Waals surface area contributed by atoms with Crippen molar-refractivity contribution < 1.29 is 4.79 Å². The van der Waals surface area contributed by atoms with E-state index in [1.165, 1.54) is 12.5 Å². The molecule has 23 heavy (non-hydrogen) atoms. The predicted molar refractivity (Wildman–Crippen MR) is 89.9 cm³/mol. The van der Waals surface area contributed by atoms with Crippen molar-refractivity contribution in [3.63, 3.8) is 0 Å². The van der Waals surface area contributed by atoms with Gasteiger partial charge in [0.25, 0.3) is 0 Å². The lowest BCUT2D eigenvalue weighted by atomic mass is 10.1. The first-order chi connectivity index (χ1) is 11.2. The van der Waals surface area contributed by atoms with Crippen LogP contribution in [-0.4, -0.2) is 15.5 Å². The summed E-state index contributed by atoms with van der Waals surface area (Å²) in [6.45, 7) is 2.25. The first-order valence-electron chi connectivity index (χ1n) is 7.61. The summed E-state index contributed by atoms with van der Waals surface area (Å²) in [5.41, 5.74) is 2.21. The van der Waals surface area contributed by atoms with E-state index in [0.29, 0.717) is 0 Å². The van der Waals surface area contributed by atoms with E-state index in [1.54, 1.807) is 6.20 Å². The molecular weight excluding hydrogens is 286 g/mol. The molecule has 1 atom stereocenters. The Kier molecular flexibility index (Phi) is 4.52. The molecule has 4 nitrogen and oxygen atoms in total. The molecule has 116 valence electrons. The molecule has 0 radical (unpaired) electrons. The van der Waals surface area contributed by atoms with Crippen LogP contribution in [0.25, 0.3) is 0 Å². The highest BCUT2D eigenvalue weighted by molar-refractivity contribution is 5.73. The van der Waals surface area contributed by atoms with E-state index in [-0.39, 0.29) is 11.9 Å². The Morgan fingerprint density at radius 2 is 1.74 bits per heavy atom. The molecule has 4 heteroatoms. The van der Waals surface area contributed by atoms with Gasteiger partial charge in [-0.1, -0.05) is 60.7 Å². The Labute approximate surface area is 135 Å². The van der Waals surface area contributed by atoms with Gasteiger partial charge in [0.15, 0.2) is 0 Å². The molecule has 0 bridgehead atoms. The lowest BCUT2D eigenvalue weighted by Gasteiger charge is -2.19. The van der Waals surface area contributed by atoms with Gasteiger partial charge in [-0.15, -0.1) is 0 Å². The van der Waals surface area contributed by atoms with Gasteiger partial charge in [0.2, 0.25) is 5.91 Å².